The van der Waals surface area contributed by atoms with Gasteiger partial charge >= 0.3 is 5.97 Å². The average Bonchev–Trinajstić information content (AvgIpc) is 2.80. The van der Waals surface area contributed by atoms with Gasteiger partial charge in [-0.15, -0.1) is 0 Å². The summed E-state index contributed by atoms with van der Waals surface area (Å²) < 4.78 is 5.67. The molecular weight excluding hydrogens is 392 g/mol. The number of carbonyl (C=O) groups is 2. The fraction of sp³-hybridized carbons (Fsp3) is 0.0417. The van der Waals surface area contributed by atoms with Crippen LogP contribution in [-0.2, 0) is 0 Å². The molecule has 4 aromatic rings. The number of nitrogens with one attached hydrogen (secondary N) is 1. The molecule has 0 aliphatic carbocycles. The molecule has 0 spiro atoms. The molecule has 7 nitrogen and oxygen atoms in total. The van der Waals surface area contributed by atoms with E-state index < -0.39 is 11.9 Å². The van der Waals surface area contributed by atoms with E-state index in [-0.39, 0.29) is 5.69 Å². The summed E-state index contributed by atoms with van der Waals surface area (Å²) in [5, 5.41) is 5.81. The molecule has 4 rings (SSSR count). The van der Waals surface area contributed by atoms with Gasteiger partial charge in [-0.05, 0) is 35.9 Å². The van der Waals surface area contributed by atoms with Gasteiger partial charge in [-0.1, -0.05) is 48.0 Å². The summed E-state index contributed by atoms with van der Waals surface area (Å²) in [7, 11) is 0. The van der Waals surface area contributed by atoms with E-state index in [1.165, 1.54) is 24.8 Å². The minimum Gasteiger partial charge on any atom is -0.422 e. The summed E-state index contributed by atoms with van der Waals surface area (Å²) in [6.45, 7) is 1.91. The van der Waals surface area contributed by atoms with E-state index in [4.69, 9.17) is 4.74 Å². The van der Waals surface area contributed by atoms with Gasteiger partial charge in [-0.3, -0.25) is 9.78 Å². The van der Waals surface area contributed by atoms with Crippen LogP contribution in [0.2, 0.25) is 0 Å². The van der Waals surface area contributed by atoms with Crippen LogP contribution >= 0.6 is 0 Å². The molecule has 1 heterocycles. The first-order chi connectivity index (χ1) is 15.1. The predicted octanol–water partition coefficient (Wildman–Crippen LogP) is 3.92. The van der Waals surface area contributed by atoms with Gasteiger partial charge in [0.15, 0.2) is 0 Å². The van der Waals surface area contributed by atoms with Crippen LogP contribution in [0.15, 0.2) is 84.4 Å². The third kappa shape index (κ3) is 4.62. The van der Waals surface area contributed by atoms with Crippen molar-refractivity contribution in [3.8, 4) is 5.75 Å². The number of ether oxygens (including phenoxy) is 1. The molecule has 1 aromatic heterocycles. The Morgan fingerprint density at radius 1 is 1.03 bits per heavy atom. The van der Waals surface area contributed by atoms with Crippen LogP contribution in [0.3, 0.4) is 0 Å². The number of hydrazone groups is 1. The third-order valence-electron chi connectivity index (χ3n) is 4.54. The Bertz CT molecular complexity index is 1290. The Hall–Kier alpha value is -4.39. The minimum atomic E-state index is -0.497. The summed E-state index contributed by atoms with van der Waals surface area (Å²) in [4.78, 5) is 32.6. The summed E-state index contributed by atoms with van der Waals surface area (Å²) in [6, 6.07) is 18.4. The topological polar surface area (TPSA) is 93.5 Å². The Morgan fingerprint density at radius 3 is 2.71 bits per heavy atom. The Labute approximate surface area is 178 Å². The summed E-state index contributed by atoms with van der Waals surface area (Å²) >= 11 is 0. The number of esters is 1. The number of hydrogen-bond acceptors (Lipinski definition) is 6. The molecule has 7 heteroatoms. The number of rotatable bonds is 5. The summed E-state index contributed by atoms with van der Waals surface area (Å²) in [5.74, 6) is -0.636. The lowest BCUT2D eigenvalue weighted by Crippen LogP contribution is -2.19. The van der Waals surface area contributed by atoms with Gasteiger partial charge in [0, 0.05) is 18.0 Å². The van der Waals surface area contributed by atoms with Crippen molar-refractivity contribution in [1.29, 1.82) is 0 Å². The fourth-order valence-corrected chi connectivity index (χ4v) is 3.06. The van der Waals surface area contributed by atoms with Crippen LogP contribution in [-0.4, -0.2) is 28.1 Å². The molecule has 0 saturated carbocycles. The Kier molecular flexibility index (Phi) is 5.75. The highest BCUT2D eigenvalue weighted by Crippen LogP contribution is 2.27. The Morgan fingerprint density at radius 2 is 1.90 bits per heavy atom. The first kappa shape index (κ1) is 19.9. The van der Waals surface area contributed by atoms with Gasteiger partial charge in [0.25, 0.3) is 5.91 Å². The van der Waals surface area contributed by atoms with E-state index in [2.05, 4.69) is 20.5 Å². The number of hydrogen-bond donors (Lipinski definition) is 1. The highest BCUT2D eigenvalue weighted by atomic mass is 16.5. The van der Waals surface area contributed by atoms with E-state index >= 15 is 0 Å². The number of aryl methyl sites for hydroxylation is 1. The van der Waals surface area contributed by atoms with Crippen molar-refractivity contribution in [1.82, 2.24) is 15.4 Å². The van der Waals surface area contributed by atoms with E-state index in [1.807, 2.05) is 43.3 Å². The van der Waals surface area contributed by atoms with Crippen LogP contribution in [0.1, 0.15) is 32.0 Å². The zero-order valence-electron chi connectivity index (χ0n) is 16.6. The molecule has 0 unspecified atom stereocenters. The van der Waals surface area contributed by atoms with Crippen LogP contribution in [0.5, 0.6) is 5.75 Å². The monoisotopic (exact) mass is 410 g/mol. The highest BCUT2D eigenvalue weighted by Gasteiger charge is 2.14. The number of amides is 1. The van der Waals surface area contributed by atoms with Crippen molar-refractivity contribution in [3.63, 3.8) is 0 Å². The SMILES string of the molecule is Cc1cccc(C(=O)Oc2ccc3ccccc3c2/C=N/NC(=O)c2cnccn2)c1. The zero-order valence-corrected chi connectivity index (χ0v) is 16.6. The van der Waals surface area contributed by atoms with Crippen molar-refractivity contribution in [2.24, 2.45) is 5.10 Å². The lowest BCUT2D eigenvalue weighted by molar-refractivity contribution is 0.0734. The van der Waals surface area contributed by atoms with E-state index in [9.17, 15) is 9.59 Å². The maximum Gasteiger partial charge on any atom is 0.343 e. The lowest BCUT2D eigenvalue weighted by Gasteiger charge is -2.11. The molecule has 152 valence electrons. The molecule has 0 aliphatic heterocycles. The van der Waals surface area contributed by atoms with Crippen LogP contribution in [0.4, 0.5) is 0 Å². The van der Waals surface area contributed by atoms with Crippen molar-refractivity contribution in [2.45, 2.75) is 6.92 Å². The number of benzene rings is 3. The van der Waals surface area contributed by atoms with Gasteiger partial charge in [-0.25, -0.2) is 15.2 Å². The normalized spacial score (nSPS) is 10.9. The van der Waals surface area contributed by atoms with Gasteiger partial charge < -0.3 is 4.74 Å². The minimum absolute atomic E-state index is 0.142. The van der Waals surface area contributed by atoms with Crippen molar-refractivity contribution in [2.75, 3.05) is 0 Å². The van der Waals surface area contributed by atoms with Gasteiger partial charge in [0.05, 0.1) is 18.0 Å². The molecule has 1 amide bonds. The molecule has 0 fully saturated rings. The summed E-state index contributed by atoms with van der Waals surface area (Å²) in [6.07, 6.45) is 5.70. The van der Waals surface area contributed by atoms with Gasteiger partial charge in [0.2, 0.25) is 0 Å². The van der Waals surface area contributed by atoms with E-state index in [0.717, 1.165) is 16.3 Å². The second-order valence-corrected chi connectivity index (χ2v) is 6.75. The van der Waals surface area contributed by atoms with Crippen LogP contribution in [0, 0.1) is 6.92 Å². The highest BCUT2D eigenvalue weighted by molar-refractivity contribution is 6.04. The van der Waals surface area contributed by atoms with E-state index in [1.54, 1.807) is 24.3 Å². The maximum absolute atomic E-state index is 12.7. The first-order valence-corrected chi connectivity index (χ1v) is 9.52. The predicted molar refractivity (Wildman–Crippen MR) is 117 cm³/mol. The van der Waals surface area contributed by atoms with E-state index in [0.29, 0.717) is 16.9 Å². The molecule has 0 radical (unpaired) electrons. The smallest absolute Gasteiger partial charge is 0.343 e. The van der Waals surface area contributed by atoms with Crippen molar-refractivity contribution in [3.05, 3.63) is 102 Å². The van der Waals surface area contributed by atoms with Crippen LogP contribution < -0.4 is 10.2 Å². The van der Waals surface area contributed by atoms with Gasteiger partial charge in [0.1, 0.15) is 11.4 Å². The molecule has 31 heavy (non-hydrogen) atoms. The summed E-state index contributed by atoms with van der Waals surface area (Å²) in [5.41, 5.74) is 4.54. The number of aromatic nitrogens is 2. The molecule has 0 bridgehead atoms. The second-order valence-electron chi connectivity index (χ2n) is 6.75. The standard InChI is InChI=1S/C24H18N4O3/c1-16-5-4-7-18(13-16)24(30)31-22-10-9-17-6-2-3-8-19(17)20(22)14-27-28-23(29)21-15-25-11-12-26-21/h2-15H,1H3,(H,28,29)/b27-14+. The average molecular weight is 410 g/mol. The lowest BCUT2D eigenvalue weighted by atomic mass is 10.0. The van der Waals surface area contributed by atoms with Crippen LogP contribution in [0.25, 0.3) is 10.8 Å². The van der Waals surface area contributed by atoms with Gasteiger partial charge in [-0.2, -0.15) is 5.10 Å². The molecule has 1 N–H and O–H groups in total. The molecule has 0 aliphatic rings. The van der Waals surface area contributed by atoms with Crippen molar-refractivity contribution < 1.29 is 14.3 Å². The number of carbonyl (C=O) groups excluding carboxylic acids is 2. The molecule has 0 atom stereocenters. The zero-order chi connectivity index (χ0) is 21.6. The maximum atomic E-state index is 12.7. The molecular formula is C24H18N4O3. The Balaban J connectivity index is 1.64. The molecule has 0 saturated heterocycles. The largest absolute Gasteiger partial charge is 0.422 e. The van der Waals surface area contributed by atoms with Crippen molar-refractivity contribution >= 4 is 28.9 Å². The quantitative estimate of drug-likeness (QED) is 0.233. The number of nitrogens with zero attached hydrogens (tertiary/aromatic N) is 3. The fourth-order valence-electron chi connectivity index (χ4n) is 3.06. The number of fused-ring (bicyclic) bond motifs is 1. The second kappa shape index (κ2) is 8.96. The molecule has 3 aromatic carbocycles. The third-order valence-corrected chi connectivity index (χ3v) is 4.54. The first-order valence-electron chi connectivity index (χ1n) is 9.52.